The summed E-state index contributed by atoms with van der Waals surface area (Å²) in [5, 5.41) is 8.79. The average Bonchev–Trinajstić information content (AvgIpc) is 2.90. The van der Waals surface area contributed by atoms with Crippen LogP contribution in [0.5, 0.6) is 0 Å². The van der Waals surface area contributed by atoms with Gasteiger partial charge in [0.25, 0.3) is 0 Å². The van der Waals surface area contributed by atoms with Crippen molar-refractivity contribution in [3.05, 3.63) is 52.8 Å². The number of hydrogen-bond donors (Lipinski definition) is 1. The third-order valence-electron chi connectivity index (χ3n) is 3.30. The SMILES string of the molecule is Cc1cnn(CCCNc2ccc3cccc(Br)c3n2)c1. The maximum absolute atomic E-state index is 4.64. The molecule has 21 heavy (non-hydrogen) atoms. The van der Waals surface area contributed by atoms with Crippen molar-refractivity contribution in [1.82, 2.24) is 14.8 Å². The molecule has 0 unspecified atom stereocenters. The van der Waals surface area contributed by atoms with Crippen molar-refractivity contribution in [2.24, 2.45) is 0 Å². The van der Waals surface area contributed by atoms with Gasteiger partial charge in [0.2, 0.25) is 0 Å². The third-order valence-corrected chi connectivity index (χ3v) is 3.94. The quantitative estimate of drug-likeness (QED) is 0.711. The average molecular weight is 345 g/mol. The number of pyridine rings is 1. The van der Waals surface area contributed by atoms with E-state index in [4.69, 9.17) is 0 Å². The molecular weight excluding hydrogens is 328 g/mol. The fraction of sp³-hybridized carbons (Fsp3) is 0.250. The van der Waals surface area contributed by atoms with Gasteiger partial charge in [-0.3, -0.25) is 4.68 Å². The summed E-state index contributed by atoms with van der Waals surface area (Å²) in [5.74, 6) is 0.908. The van der Waals surface area contributed by atoms with Gasteiger partial charge in [0.05, 0.1) is 11.7 Å². The first kappa shape index (κ1) is 14.1. The molecule has 3 rings (SSSR count). The van der Waals surface area contributed by atoms with Crippen LogP contribution in [0.2, 0.25) is 0 Å². The predicted octanol–water partition coefficient (Wildman–Crippen LogP) is 4.00. The standard InChI is InChI=1S/C16H17BrN4/c1-12-10-19-21(11-12)9-3-8-18-15-7-6-13-4-2-5-14(17)16(13)20-15/h2,4-7,10-11H,3,8-9H2,1H3,(H,18,20). The Hall–Kier alpha value is -1.88. The first-order chi connectivity index (χ1) is 10.2. The van der Waals surface area contributed by atoms with Crippen LogP contribution < -0.4 is 5.32 Å². The summed E-state index contributed by atoms with van der Waals surface area (Å²) in [7, 11) is 0. The second kappa shape index (κ2) is 6.26. The van der Waals surface area contributed by atoms with E-state index in [-0.39, 0.29) is 0 Å². The number of hydrogen-bond acceptors (Lipinski definition) is 3. The Kier molecular flexibility index (Phi) is 4.20. The molecule has 108 valence electrons. The Bertz CT molecular complexity index is 751. The van der Waals surface area contributed by atoms with Crippen LogP contribution in [-0.4, -0.2) is 21.3 Å². The summed E-state index contributed by atoms with van der Waals surface area (Å²) in [5.41, 5.74) is 2.19. The minimum Gasteiger partial charge on any atom is -0.370 e. The molecule has 0 bridgehead atoms. The molecule has 0 fully saturated rings. The number of nitrogens with zero attached hydrogens (tertiary/aromatic N) is 3. The first-order valence-corrected chi connectivity index (χ1v) is 7.80. The summed E-state index contributed by atoms with van der Waals surface area (Å²) in [6.07, 6.45) is 4.96. The third kappa shape index (κ3) is 3.42. The van der Waals surface area contributed by atoms with E-state index in [1.165, 1.54) is 5.56 Å². The fourth-order valence-corrected chi connectivity index (χ4v) is 2.73. The number of rotatable bonds is 5. The number of anilines is 1. The van der Waals surface area contributed by atoms with E-state index in [0.29, 0.717) is 0 Å². The predicted molar refractivity (Wildman–Crippen MR) is 89.5 cm³/mol. The smallest absolute Gasteiger partial charge is 0.126 e. The van der Waals surface area contributed by atoms with Gasteiger partial charge >= 0.3 is 0 Å². The highest BCUT2D eigenvalue weighted by atomic mass is 79.9. The van der Waals surface area contributed by atoms with Gasteiger partial charge < -0.3 is 5.32 Å². The van der Waals surface area contributed by atoms with E-state index in [0.717, 1.165) is 40.7 Å². The largest absolute Gasteiger partial charge is 0.370 e. The summed E-state index contributed by atoms with van der Waals surface area (Å²) >= 11 is 3.54. The molecule has 0 spiro atoms. The van der Waals surface area contributed by atoms with E-state index in [2.05, 4.69) is 56.6 Å². The number of aromatic nitrogens is 3. The van der Waals surface area contributed by atoms with Gasteiger partial charge in [-0.15, -0.1) is 0 Å². The van der Waals surface area contributed by atoms with Crippen molar-refractivity contribution in [3.63, 3.8) is 0 Å². The Balaban J connectivity index is 1.59. The molecule has 0 aliphatic rings. The highest BCUT2D eigenvalue weighted by Gasteiger charge is 2.01. The molecule has 0 aliphatic heterocycles. The van der Waals surface area contributed by atoms with Gasteiger partial charge in [0.1, 0.15) is 5.82 Å². The fourth-order valence-electron chi connectivity index (χ4n) is 2.26. The molecule has 0 radical (unpaired) electrons. The second-order valence-corrected chi connectivity index (χ2v) is 5.92. The molecule has 0 aliphatic carbocycles. The lowest BCUT2D eigenvalue weighted by atomic mass is 10.2. The van der Waals surface area contributed by atoms with Crippen molar-refractivity contribution in [2.45, 2.75) is 19.9 Å². The highest BCUT2D eigenvalue weighted by Crippen LogP contribution is 2.23. The van der Waals surface area contributed by atoms with Gasteiger partial charge in [-0.05, 0) is 53.0 Å². The lowest BCUT2D eigenvalue weighted by molar-refractivity contribution is 0.591. The zero-order valence-electron chi connectivity index (χ0n) is 11.9. The molecule has 3 aromatic rings. The lowest BCUT2D eigenvalue weighted by Crippen LogP contribution is -2.08. The molecule has 5 heteroatoms. The molecule has 1 aromatic carbocycles. The molecule has 0 amide bonds. The van der Waals surface area contributed by atoms with Crippen LogP contribution in [0, 0.1) is 6.92 Å². The van der Waals surface area contributed by atoms with Crippen LogP contribution in [0.1, 0.15) is 12.0 Å². The van der Waals surface area contributed by atoms with Crippen LogP contribution in [-0.2, 0) is 6.54 Å². The van der Waals surface area contributed by atoms with Crippen LogP contribution in [0.15, 0.2) is 47.2 Å². The zero-order chi connectivity index (χ0) is 14.7. The lowest BCUT2D eigenvalue weighted by Gasteiger charge is -2.07. The normalized spacial score (nSPS) is 11.0. The maximum atomic E-state index is 4.64. The molecule has 0 atom stereocenters. The number of para-hydroxylation sites is 1. The minimum atomic E-state index is 0.877. The van der Waals surface area contributed by atoms with Gasteiger partial charge in [-0.1, -0.05) is 12.1 Å². The Morgan fingerprint density at radius 3 is 2.95 bits per heavy atom. The molecule has 0 saturated carbocycles. The van der Waals surface area contributed by atoms with Crippen molar-refractivity contribution in [2.75, 3.05) is 11.9 Å². The van der Waals surface area contributed by atoms with E-state index >= 15 is 0 Å². The van der Waals surface area contributed by atoms with Crippen molar-refractivity contribution < 1.29 is 0 Å². The number of benzene rings is 1. The van der Waals surface area contributed by atoms with Gasteiger partial charge in [0, 0.05) is 29.1 Å². The first-order valence-electron chi connectivity index (χ1n) is 7.00. The molecular formula is C16H17BrN4. The molecule has 2 aromatic heterocycles. The topological polar surface area (TPSA) is 42.7 Å². The number of nitrogens with one attached hydrogen (secondary N) is 1. The second-order valence-electron chi connectivity index (χ2n) is 5.07. The highest BCUT2D eigenvalue weighted by molar-refractivity contribution is 9.10. The Labute approximate surface area is 132 Å². The van der Waals surface area contributed by atoms with Crippen LogP contribution >= 0.6 is 15.9 Å². The van der Waals surface area contributed by atoms with Crippen LogP contribution in [0.3, 0.4) is 0 Å². The van der Waals surface area contributed by atoms with Gasteiger partial charge in [0.15, 0.2) is 0 Å². The summed E-state index contributed by atoms with van der Waals surface area (Å²) in [4.78, 5) is 4.64. The summed E-state index contributed by atoms with van der Waals surface area (Å²) < 4.78 is 3.00. The maximum Gasteiger partial charge on any atom is 0.126 e. The number of aryl methyl sites for hydroxylation is 2. The van der Waals surface area contributed by atoms with Crippen LogP contribution in [0.25, 0.3) is 10.9 Å². The van der Waals surface area contributed by atoms with E-state index in [9.17, 15) is 0 Å². The molecule has 2 heterocycles. The molecule has 0 saturated heterocycles. The molecule has 1 N–H and O–H groups in total. The minimum absolute atomic E-state index is 0.877. The number of halogens is 1. The van der Waals surface area contributed by atoms with Crippen molar-refractivity contribution in [3.8, 4) is 0 Å². The monoisotopic (exact) mass is 344 g/mol. The Morgan fingerprint density at radius 2 is 2.14 bits per heavy atom. The van der Waals surface area contributed by atoms with E-state index < -0.39 is 0 Å². The summed E-state index contributed by atoms with van der Waals surface area (Å²) in [6.45, 7) is 3.85. The summed E-state index contributed by atoms with van der Waals surface area (Å²) in [6, 6.07) is 10.2. The van der Waals surface area contributed by atoms with Crippen LogP contribution in [0.4, 0.5) is 5.82 Å². The number of fused-ring (bicyclic) bond motifs is 1. The zero-order valence-corrected chi connectivity index (χ0v) is 13.5. The van der Waals surface area contributed by atoms with E-state index in [1.54, 1.807) is 0 Å². The molecule has 4 nitrogen and oxygen atoms in total. The van der Waals surface area contributed by atoms with Crippen molar-refractivity contribution in [1.29, 1.82) is 0 Å². The van der Waals surface area contributed by atoms with Gasteiger partial charge in [-0.25, -0.2) is 4.98 Å². The van der Waals surface area contributed by atoms with Crippen molar-refractivity contribution >= 4 is 32.7 Å². The van der Waals surface area contributed by atoms with E-state index in [1.807, 2.05) is 29.1 Å². The Morgan fingerprint density at radius 1 is 1.24 bits per heavy atom. The van der Waals surface area contributed by atoms with Gasteiger partial charge in [-0.2, -0.15) is 5.10 Å².